The number of nitrogens with two attached hydrogens (primary N) is 1. The smallest absolute Gasteiger partial charge is 0.0549 e. The Kier molecular flexibility index (Phi) is 5.55. The van der Waals surface area contributed by atoms with E-state index in [4.69, 9.17) is 17.3 Å². The first-order valence-electron chi connectivity index (χ1n) is 7.01. The lowest BCUT2D eigenvalue weighted by Crippen LogP contribution is -2.38. The molecule has 0 saturated heterocycles. The number of hydrogen-bond acceptors (Lipinski definition) is 2. The minimum absolute atomic E-state index is 0.362. The van der Waals surface area contributed by atoms with Crippen LogP contribution in [0.25, 0.3) is 0 Å². The highest BCUT2D eigenvalue weighted by Crippen LogP contribution is 2.32. The standard InChI is InChI=1S/C15H22BrClN2/c1-10-2-4-11(5-3-10)15(9-18)19-12-6-7-14(17)13(16)8-12/h6-8,10-11,15,19H,2-5,9,18H2,1H3. The first-order chi connectivity index (χ1) is 9.10. The minimum Gasteiger partial charge on any atom is -0.381 e. The molecule has 0 aliphatic heterocycles. The fourth-order valence-electron chi connectivity index (χ4n) is 2.86. The lowest BCUT2D eigenvalue weighted by Gasteiger charge is -2.33. The summed E-state index contributed by atoms with van der Waals surface area (Å²) in [5, 5.41) is 4.30. The molecule has 0 aromatic heterocycles. The third kappa shape index (κ3) is 4.11. The van der Waals surface area contributed by atoms with Gasteiger partial charge in [0.1, 0.15) is 0 Å². The van der Waals surface area contributed by atoms with Crippen LogP contribution in [0.2, 0.25) is 5.02 Å². The number of benzene rings is 1. The summed E-state index contributed by atoms with van der Waals surface area (Å²) in [6, 6.07) is 6.31. The molecule has 0 heterocycles. The van der Waals surface area contributed by atoms with Crippen LogP contribution in [-0.4, -0.2) is 12.6 Å². The quantitative estimate of drug-likeness (QED) is 0.832. The average molecular weight is 346 g/mol. The molecule has 1 fully saturated rings. The molecular weight excluding hydrogens is 324 g/mol. The lowest BCUT2D eigenvalue weighted by atomic mass is 9.79. The van der Waals surface area contributed by atoms with Gasteiger partial charge in [-0.3, -0.25) is 0 Å². The summed E-state index contributed by atoms with van der Waals surface area (Å²) in [5.41, 5.74) is 7.04. The van der Waals surface area contributed by atoms with Gasteiger partial charge in [0, 0.05) is 22.7 Å². The second-order valence-corrected chi connectivity index (χ2v) is 6.90. The van der Waals surface area contributed by atoms with E-state index in [0.29, 0.717) is 18.5 Å². The molecule has 106 valence electrons. The Hall–Kier alpha value is -0.250. The predicted octanol–water partition coefficient (Wildman–Crippen LogP) is 4.67. The Morgan fingerprint density at radius 3 is 2.63 bits per heavy atom. The largest absolute Gasteiger partial charge is 0.381 e. The van der Waals surface area contributed by atoms with Gasteiger partial charge in [-0.15, -0.1) is 0 Å². The Bertz CT molecular complexity index is 417. The van der Waals surface area contributed by atoms with Crippen LogP contribution in [0.1, 0.15) is 32.6 Å². The van der Waals surface area contributed by atoms with Gasteiger partial charge in [0.25, 0.3) is 0 Å². The molecule has 1 unspecified atom stereocenters. The molecule has 4 heteroatoms. The third-order valence-corrected chi connectivity index (χ3v) is 5.37. The SMILES string of the molecule is CC1CCC(C(CN)Nc2ccc(Cl)c(Br)c2)CC1. The molecule has 1 atom stereocenters. The molecule has 0 amide bonds. The molecule has 2 rings (SSSR count). The molecule has 1 aliphatic carbocycles. The Labute approximate surface area is 129 Å². The van der Waals surface area contributed by atoms with E-state index in [1.807, 2.05) is 18.2 Å². The van der Waals surface area contributed by atoms with Gasteiger partial charge < -0.3 is 11.1 Å². The summed E-state index contributed by atoms with van der Waals surface area (Å²) in [4.78, 5) is 0. The molecule has 1 aromatic rings. The van der Waals surface area contributed by atoms with E-state index in [0.717, 1.165) is 21.1 Å². The van der Waals surface area contributed by atoms with Crippen molar-refractivity contribution in [3.63, 3.8) is 0 Å². The Morgan fingerprint density at radius 2 is 2.05 bits per heavy atom. The number of hydrogen-bond donors (Lipinski definition) is 2. The van der Waals surface area contributed by atoms with E-state index in [-0.39, 0.29) is 0 Å². The molecule has 2 nitrogen and oxygen atoms in total. The molecule has 1 aliphatic rings. The summed E-state index contributed by atoms with van der Waals surface area (Å²) in [6.07, 6.45) is 5.22. The average Bonchev–Trinajstić information content (AvgIpc) is 2.41. The second-order valence-electron chi connectivity index (χ2n) is 5.64. The first-order valence-corrected chi connectivity index (χ1v) is 8.19. The van der Waals surface area contributed by atoms with Crippen molar-refractivity contribution in [3.8, 4) is 0 Å². The first kappa shape index (κ1) is 15.1. The Morgan fingerprint density at radius 1 is 1.37 bits per heavy atom. The van der Waals surface area contributed by atoms with Crippen LogP contribution in [0, 0.1) is 11.8 Å². The number of halogens is 2. The summed E-state index contributed by atoms with van der Waals surface area (Å²) in [6.45, 7) is 3.02. The van der Waals surface area contributed by atoms with Crippen molar-refractivity contribution in [1.29, 1.82) is 0 Å². The van der Waals surface area contributed by atoms with E-state index in [1.54, 1.807) is 0 Å². The predicted molar refractivity (Wildman–Crippen MR) is 86.7 cm³/mol. The highest BCUT2D eigenvalue weighted by Gasteiger charge is 2.25. The number of nitrogens with one attached hydrogen (secondary N) is 1. The maximum atomic E-state index is 6.02. The maximum absolute atomic E-state index is 6.02. The minimum atomic E-state index is 0.362. The van der Waals surface area contributed by atoms with E-state index >= 15 is 0 Å². The highest BCUT2D eigenvalue weighted by atomic mass is 79.9. The van der Waals surface area contributed by atoms with Gasteiger partial charge in [-0.05, 0) is 58.8 Å². The topological polar surface area (TPSA) is 38.0 Å². The van der Waals surface area contributed by atoms with Crippen LogP contribution in [0.3, 0.4) is 0 Å². The zero-order chi connectivity index (χ0) is 13.8. The van der Waals surface area contributed by atoms with E-state index in [1.165, 1.54) is 25.7 Å². The van der Waals surface area contributed by atoms with E-state index in [9.17, 15) is 0 Å². The molecule has 1 saturated carbocycles. The van der Waals surface area contributed by atoms with Gasteiger partial charge in [0.05, 0.1) is 5.02 Å². The van der Waals surface area contributed by atoms with E-state index < -0.39 is 0 Å². The van der Waals surface area contributed by atoms with Gasteiger partial charge in [-0.2, -0.15) is 0 Å². The fourth-order valence-corrected chi connectivity index (χ4v) is 3.35. The zero-order valence-corrected chi connectivity index (χ0v) is 13.7. The summed E-state index contributed by atoms with van der Waals surface area (Å²) in [5.74, 6) is 1.56. The van der Waals surface area contributed by atoms with Crippen LogP contribution in [0.15, 0.2) is 22.7 Å². The number of anilines is 1. The van der Waals surface area contributed by atoms with Gasteiger partial charge in [0.15, 0.2) is 0 Å². The maximum Gasteiger partial charge on any atom is 0.0549 e. The summed E-state index contributed by atoms with van der Waals surface area (Å²) >= 11 is 9.48. The van der Waals surface area contributed by atoms with Crippen molar-refractivity contribution < 1.29 is 0 Å². The van der Waals surface area contributed by atoms with Crippen molar-refractivity contribution in [2.45, 2.75) is 38.6 Å². The summed E-state index contributed by atoms with van der Waals surface area (Å²) < 4.78 is 0.923. The second kappa shape index (κ2) is 6.96. The Balaban J connectivity index is 2.00. The summed E-state index contributed by atoms with van der Waals surface area (Å²) in [7, 11) is 0. The van der Waals surface area contributed by atoms with Crippen molar-refractivity contribution in [3.05, 3.63) is 27.7 Å². The van der Waals surface area contributed by atoms with Crippen LogP contribution in [-0.2, 0) is 0 Å². The van der Waals surface area contributed by atoms with Crippen LogP contribution in [0.4, 0.5) is 5.69 Å². The van der Waals surface area contributed by atoms with Gasteiger partial charge >= 0.3 is 0 Å². The fraction of sp³-hybridized carbons (Fsp3) is 0.600. The molecule has 0 spiro atoms. The molecule has 3 N–H and O–H groups in total. The normalized spacial score (nSPS) is 25.1. The molecule has 0 radical (unpaired) electrons. The van der Waals surface area contributed by atoms with Crippen molar-refractivity contribution in [2.24, 2.45) is 17.6 Å². The van der Waals surface area contributed by atoms with E-state index in [2.05, 4.69) is 28.2 Å². The molecular formula is C15H22BrClN2. The van der Waals surface area contributed by atoms with Crippen molar-refractivity contribution >= 4 is 33.2 Å². The molecule has 0 bridgehead atoms. The monoisotopic (exact) mass is 344 g/mol. The van der Waals surface area contributed by atoms with Crippen molar-refractivity contribution in [2.75, 3.05) is 11.9 Å². The van der Waals surface area contributed by atoms with Gasteiger partial charge in [0.2, 0.25) is 0 Å². The van der Waals surface area contributed by atoms with Crippen LogP contribution < -0.4 is 11.1 Å². The molecule has 19 heavy (non-hydrogen) atoms. The zero-order valence-electron chi connectivity index (χ0n) is 11.3. The highest BCUT2D eigenvalue weighted by molar-refractivity contribution is 9.10. The van der Waals surface area contributed by atoms with Crippen LogP contribution in [0.5, 0.6) is 0 Å². The molecule has 1 aromatic carbocycles. The van der Waals surface area contributed by atoms with Crippen molar-refractivity contribution in [1.82, 2.24) is 0 Å². The van der Waals surface area contributed by atoms with Gasteiger partial charge in [-0.25, -0.2) is 0 Å². The van der Waals surface area contributed by atoms with Crippen LogP contribution >= 0.6 is 27.5 Å². The third-order valence-electron chi connectivity index (χ3n) is 4.16. The van der Waals surface area contributed by atoms with Gasteiger partial charge in [-0.1, -0.05) is 31.4 Å². The number of rotatable bonds is 4. The lowest BCUT2D eigenvalue weighted by molar-refractivity contribution is 0.265.